The van der Waals surface area contributed by atoms with E-state index < -0.39 is 0 Å². The predicted octanol–water partition coefficient (Wildman–Crippen LogP) is 4.78. The van der Waals surface area contributed by atoms with Crippen LogP contribution in [0.4, 0.5) is 0 Å². The van der Waals surface area contributed by atoms with Crippen LogP contribution in [0.5, 0.6) is 0 Å². The van der Waals surface area contributed by atoms with E-state index in [1.165, 1.54) is 23.1 Å². The van der Waals surface area contributed by atoms with Crippen molar-refractivity contribution < 1.29 is 4.79 Å². The van der Waals surface area contributed by atoms with Crippen LogP contribution < -0.4 is 0 Å². The molecule has 1 aromatic rings. The molecule has 1 heteroatoms. The zero-order chi connectivity index (χ0) is 14.5. The molecule has 2 unspecified atom stereocenters. The second-order valence-electron chi connectivity index (χ2n) is 6.80. The van der Waals surface area contributed by atoms with Gasteiger partial charge in [0.1, 0.15) is 0 Å². The number of rotatable bonds is 2. The summed E-state index contributed by atoms with van der Waals surface area (Å²) in [5.41, 5.74) is 5.16. The SMILES string of the molecule is C/C=C/C(=O)c1ccc2c(c1)C1=CC(C)C1CC2(C)C. The molecule has 0 spiro atoms. The minimum Gasteiger partial charge on any atom is -0.289 e. The molecule has 0 saturated carbocycles. The molecule has 0 bridgehead atoms. The molecule has 1 aromatic carbocycles. The molecule has 20 heavy (non-hydrogen) atoms. The average molecular weight is 266 g/mol. The summed E-state index contributed by atoms with van der Waals surface area (Å²) in [7, 11) is 0. The molecule has 0 aromatic heterocycles. The highest BCUT2D eigenvalue weighted by Crippen LogP contribution is 2.53. The van der Waals surface area contributed by atoms with Crippen LogP contribution in [0.25, 0.3) is 5.57 Å². The third-order valence-corrected chi connectivity index (χ3v) is 4.87. The lowest BCUT2D eigenvalue weighted by Gasteiger charge is -2.46. The van der Waals surface area contributed by atoms with Crippen LogP contribution in [-0.4, -0.2) is 5.78 Å². The van der Waals surface area contributed by atoms with Crippen molar-refractivity contribution in [3.63, 3.8) is 0 Å². The lowest BCUT2D eigenvalue weighted by atomic mass is 9.58. The van der Waals surface area contributed by atoms with E-state index in [-0.39, 0.29) is 11.2 Å². The highest BCUT2D eigenvalue weighted by molar-refractivity contribution is 6.05. The molecule has 0 radical (unpaired) electrons. The molecule has 2 aliphatic rings. The topological polar surface area (TPSA) is 17.1 Å². The number of allylic oxidation sites excluding steroid dienone is 4. The summed E-state index contributed by atoms with van der Waals surface area (Å²) in [4.78, 5) is 12.1. The van der Waals surface area contributed by atoms with Gasteiger partial charge in [0.2, 0.25) is 0 Å². The largest absolute Gasteiger partial charge is 0.289 e. The first-order chi connectivity index (χ1) is 9.44. The Balaban J connectivity index is 2.12. The van der Waals surface area contributed by atoms with Gasteiger partial charge in [0, 0.05) is 5.56 Å². The first-order valence-electron chi connectivity index (χ1n) is 7.47. The lowest BCUT2D eigenvalue weighted by molar-refractivity contribution is 0.104. The smallest absolute Gasteiger partial charge is 0.185 e. The van der Waals surface area contributed by atoms with Gasteiger partial charge in [0.15, 0.2) is 5.78 Å². The molecular weight excluding hydrogens is 244 g/mol. The number of hydrogen-bond donors (Lipinski definition) is 0. The Bertz CT molecular complexity index is 631. The second kappa shape index (κ2) is 4.44. The highest BCUT2D eigenvalue weighted by atomic mass is 16.1. The summed E-state index contributed by atoms with van der Waals surface area (Å²) >= 11 is 0. The molecule has 3 rings (SSSR count). The van der Waals surface area contributed by atoms with E-state index in [0.717, 1.165) is 5.56 Å². The fourth-order valence-electron chi connectivity index (χ4n) is 3.71. The predicted molar refractivity (Wildman–Crippen MR) is 83.9 cm³/mol. The summed E-state index contributed by atoms with van der Waals surface area (Å²) in [5, 5.41) is 0. The van der Waals surface area contributed by atoms with Gasteiger partial charge in [-0.05, 0) is 59.4 Å². The molecule has 0 amide bonds. The molecule has 0 saturated heterocycles. The molecule has 0 aliphatic heterocycles. The molecule has 1 nitrogen and oxygen atoms in total. The van der Waals surface area contributed by atoms with Crippen LogP contribution in [0.3, 0.4) is 0 Å². The maximum Gasteiger partial charge on any atom is 0.185 e. The van der Waals surface area contributed by atoms with Gasteiger partial charge in [-0.3, -0.25) is 4.79 Å². The van der Waals surface area contributed by atoms with Crippen molar-refractivity contribution in [3.8, 4) is 0 Å². The van der Waals surface area contributed by atoms with Crippen molar-refractivity contribution in [2.45, 2.75) is 39.5 Å². The fourth-order valence-corrected chi connectivity index (χ4v) is 3.71. The van der Waals surface area contributed by atoms with Gasteiger partial charge in [0.05, 0.1) is 0 Å². The van der Waals surface area contributed by atoms with Gasteiger partial charge < -0.3 is 0 Å². The van der Waals surface area contributed by atoms with Crippen molar-refractivity contribution in [1.29, 1.82) is 0 Å². The van der Waals surface area contributed by atoms with Crippen LogP contribution in [0.1, 0.15) is 55.6 Å². The minimum absolute atomic E-state index is 0.100. The normalized spacial score (nSPS) is 26.5. The Hall–Kier alpha value is -1.63. The minimum atomic E-state index is 0.100. The van der Waals surface area contributed by atoms with Crippen LogP contribution >= 0.6 is 0 Å². The van der Waals surface area contributed by atoms with Gasteiger partial charge in [-0.15, -0.1) is 0 Å². The average Bonchev–Trinajstić information content (AvgIpc) is 2.41. The summed E-state index contributed by atoms with van der Waals surface area (Å²) in [6.07, 6.45) is 7.03. The van der Waals surface area contributed by atoms with E-state index in [2.05, 4.69) is 39.0 Å². The number of fused-ring (bicyclic) bond motifs is 3. The van der Waals surface area contributed by atoms with Crippen LogP contribution in [0.2, 0.25) is 0 Å². The van der Waals surface area contributed by atoms with Crippen molar-refractivity contribution >= 4 is 11.4 Å². The Kier molecular flexibility index (Phi) is 2.97. The lowest BCUT2D eigenvalue weighted by Crippen LogP contribution is -2.36. The van der Waals surface area contributed by atoms with Crippen molar-refractivity contribution in [2.24, 2.45) is 11.8 Å². The molecule has 2 atom stereocenters. The van der Waals surface area contributed by atoms with Crippen LogP contribution in [0, 0.1) is 11.8 Å². The van der Waals surface area contributed by atoms with E-state index in [1.807, 2.05) is 13.0 Å². The van der Waals surface area contributed by atoms with Crippen molar-refractivity contribution in [3.05, 3.63) is 53.1 Å². The molecule has 0 N–H and O–H groups in total. The standard InChI is InChI=1S/C19H22O/c1-5-6-18(20)13-7-8-17-15(10-13)14-9-12(2)16(14)11-19(17,3)4/h5-10,12,16H,11H2,1-4H3/b6-5+. The molecule has 0 heterocycles. The first kappa shape index (κ1) is 13.4. The number of carbonyl (C=O) groups is 1. The summed E-state index contributed by atoms with van der Waals surface area (Å²) in [5.74, 6) is 1.44. The fraction of sp³-hybridized carbons (Fsp3) is 0.421. The molecule has 0 fully saturated rings. The summed E-state index contributed by atoms with van der Waals surface area (Å²) in [6, 6.07) is 6.24. The zero-order valence-corrected chi connectivity index (χ0v) is 12.7. The third kappa shape index (κ3) is 1.88. The van der Waals surface area contributed by atoms with E-state index in [4.69, 9.17) is 0 Å². The second-order valence-corrected chi connectivity index (χ2v) is 6.80. The zero-order valence-electron chi connectivity index (χ0n) is 12.7. The first-order valence-corrected chi connectivity index (χ1v) is 7.47. The Morgan fingerprint density at radius 2 is 2.10 bits per heavy atom. The molecule has 2 aliphatic carbocycles. The number of hydrogen-bond acceptors (Lipinski definition) is 1. The van der Waals surface area contributed by atoms with E-state index in [0.29, 0.717) is 11.8 Å². The van der Waals surface area contributed by atoms with Crippen LogP contribution in [-0.2, 0) is 5.41 Å². The van der Waals surface area contributed by atoms with Crippen molar-refractivity contribution in [2.75, 3.05) is 0 Å². The highest BCUT2D eigenvalue weighted by Gasteiger charge is 2.42. The maximum absolute atomic E-state index is 12.1. The van der Waals surface area contributed by atoms with Gasteiger partial charge in [0.25, 0.3) is 0 Å². The monoisotopic (exact) mass is 266 g/mol. The Morgan fingerprint density at radius 1 is 1.35 bits per heavy atom. The number of ketones is 1. The van der Waals surface area contributed by atoms with Crippen molar-refractivity contribution in [1.82, 2.24) is 0 Å². The Labute approximate surface area is 121 Å². The van der Waals surface area contributed by atoms with E-state index in [9.17, 15) is 4.79 Å². The van der Waals surface area contributed by atoms with Gasteiger partial charge >= 0.3 is 0 Å². The van der Waals surface area contributed by atoms with E-state index >= 15 is 0 Å². The summed E-state index contributed by atoms with van der Waals surface area (Å²) < 4.78 is 0. The summed E-state index contributed by atoms with van der Waals surface area (Å²) in [6.45, 7) is 8.82. The Morgan fingerprint density at radius 3 is 2.75 bits per heavy atom. The van der Waals surface area contributed by atoms with E-state index in [1.54, 1.807) is 12.2 Å². The van der Waals surface area contributed by atoms with Gasteiger partial charge in [-0.25, -0.2) is 0 Å². The maximum atomic E-state index is 12.1. The molecular formula is C19H22O. The number of carbonyl (C=O) groups excluding carboxylic acids is 1. The number of benzene rings is 1. The third-order valence-electron chi connectivity index (χ3n) is 4.87. The van der Waals surface area contributed by atoms with Gasteiger partial charge in [-0.1, -0.05) is 45.1 Å². The van der Waals surface area contributed by atoms with Gasteiger partial charge in [-0.2, -0.15) is 0 Å². The van der Waals surface area contributed by atoms with Crippen LogP contribution in [0.15, 0.2) is 36.4 Å². The molecule has 104 valence electrons. The quantitative estimate of drug-likeness (QED) is 0.556.